The van der Waals surface area contributed by atoms with Crippen LogP contribution in [0.15, 0.2) is 0 Å². The van der Waals surface area contributed by atoms with Crippen LogP contribution in [0, 0.1) is 23.7 Å². The highest BCUT2D eigenvalue weighted by atomic mass is 19.4. The van der Waals surface area contributed by atoms with E-state index in [9.17, 15) is 13.2 Å². The van der Waals surface area contributed by atoms with Crippen molar-refractivity contribution in [2.75, 3.05) is 0 Å². The maximum Gasteiger partial charge on any atom is 0.389 e. The van der Waals surface area contributed by atoms with Crippen LogP contribution in [0.2, 0.25) is 0 Å². The third kappa shape index (κ3) is 8.65. The summed E-state index contributed by atoms with van der Waals surface area (Å²) in [4.78, 5) is 0. The fourth-order valence-corrected chi connectivity index (χ4v) is 5.51. The van der Waals surface area contributed by atoms with Crippen LogP contribution in [0.5, 0.6) is 0 Å². The van der Waals surface area contributed by atoms with E-state index in [2.05, 4.69) is 6.92 Å². The van der Waals surface area contributed by atoms with Crippen LogP contribution in [0.3, 0.4) is 0 Å². The molecule has 0 aromatic carbocycles. The molecule has 2 aliphatic carbocycles. The molecule has 0 aliphatic heterocycles. The molecule has 0 N–H and O–H groups in total. The van der Waals surface area contributed by atoms with Gasteiger partial charge in [0.25, 0.3) is 0 Å². The summed E-state index contributed by atoms with van der Waals surface area (Å²) >= 11 is 0. The van der Waals surface area contributed by atoms with Gasteiger partial charge in [-0.2, -0.15) is 13.2 Å². The molecular weight excluding hydrogens is 333 g/mol. The Labute approximate surface area is 159 Å². The van der Waals surface area contributed by atoms with Crippen molar-refractivity contribution in [2.24, 2.45) is 23.7 Å². The zero-order valence-corrected chi connectivity index (χ0v) is 17.0. The van der Waals surface area contributed by atoms with Crippen LogP contribution in [-0.4, -0.2) is 6.18 Å². The van der Waals surface area contributed by atoms with Crippen molar-refractivity contribution >= 4 is 0 Å². The molecule has 0 unspecified atom stereocenters. The highest BCUT2D eigenvalue weighted by Gasteiger charge is 2.31. The molecule has 0 aromatic heterocycles. The van der Waals surface area contributed by atoms with E-state index < -0.39 is 12.6 Å². The molecule has 2 fully saturated rings. The van der Waals surface area contributed by atoms with Gasteiger partial charge in [-0.3, -0.25) is 0 Å². The second kappa shape index (κ2) is 11.6. The largest absolute Gasteiger partial charge is 0.389 e. The van der Waals surface area contributed by atoms with Gasteiger partial charge >= 0.3 is 6.18 Å². The molecular formula is C23H41F3. The minimum atomic E-state index is -3.97. The molecule has 2 rings (SSSR count). The van der Waals surface area contributed by atoms with Gasteiger partial charge in [-0.15, -0.1) is 0 Å². The summed E-state index contributed by atoms with van der Waals surface area (Å²) < 4.78 is 36.6. The Hall–Kier alpha value is -0.210. The molecule has 0 heterocycles. The van der Waals surface area contributed by atoms with Gasteiger partial charge in [-0.1, -0.05) is 77.6 Å². The first-order valence-corrected chi connectivity index (χ1v) is 11.5. The van der Waals surface area contributed by atoms with E-state index in [1.54, 1.807) is 0 Å². The number of rotatable bonds is 10. The lowest BCUT2D eigenvalue weighted by Crippen LogP contribution is -2.26. The van der Waals surface area contributed by atoms with E-state index in [0.29, 0.717) is 12.3 Å². The number of unbranched alkanes of at least 4 members (excludes halogenated alkanes) is 4. The Kier molecular flexibility index (Phi) is 9.85. The summed E-state index contributed by atoms with van der Waals surface area (Å²) in [6.07, 6.45) is 15.6. The van der Waals surface area contributed by atoms with E-state index in [-0.39, 0.29) is 0 Å². The lowest BCUT2D eigenvalue weighted by Gasteiger charge is -2.38. The van der Waals surface area contributed by atoms with Crippen LogP contribution in [0.1, 0.15) is 116 Å². The predicted molar refractivity (Wildman–Crippen MR) is 104 cm³/mol. The summed E-state index contributed by atoms with van der Waals surface area (Å²) in [5.74, 6) is 3.57. The highest BCUT2D eigenvalue weighted by Crippen LogP contribution is 2.43. The zero-order chi connectivity index (χ0) is 18.8. The third-order valence-electron chi connectivity index (χ3n) is 7.24. The fraction of sp³-hybridized carbons (Fsp3) is 1.00. The summed E-state index contributed by atoms with van der Waals surface area (Å²) in [5.41, 5.74) is 0. The molecule has 2 saturated carbocycles. The SMILES string of the molecule is CCCCCCC1CCC(C2CCC(CCCCC(F)(F)F)CC2)CC1. The van der Waals surface area contributed by atoms with Crippen LogP contribution in [0.4, 0.5) is 13.2 Å². The summed E-state index contributed by atoms with van der Waals surface area (Å²) in [5, 5.41) is 0. The van der Waals surface area contributed by atoms with Crippen LogP contribution < -0.4 is 0 Å². The second-order valence-corrected chi connectivity index (χ2v) is 9.27. The summed E-state index contributed by atoms with van der Waals surface area (Å²) in [6, 6.07) is 0. The normalized spacial score (nSPS) is 30.5. The molecule has 0 nitrogen and oxygen atoms in total. The van der Waals surface area contributed by atoms with Gasteiger partial charge in [-0.05, 0) is 55.8 Å². The first kappa shape index (κ1) is 22.1. The maximum atomic E-state index is 12.2. The van der Waals surface area contributed by atoms with Crippen molar-refractivity contribution in [1.82, 2.24) is 0 Å². The number of alkyl halides is 3. The number of halogens is 3. The second-order valence-electron chi connectivity index (χ2n) is 9.27. The number of hydrogen-bond acceptors (Lipinski definition) is 0. The van der Waals surface area contributed by atoms with Gasteiger partial charge in [-0.25, -0.2) is 0 Å². The molecule has 0 saturated heterocycles. The first-order chi connectivity index (χ1) is 12.5. The highest BCUT2D eigenvalue weighted by molar-refractivity contribution is 4.82. The van der Waals surface area contributed by atoms with Crippen LogP contribution in [0.25, 0.3) is 0 Å². The van der Waals surface area contributed by atoms with Crippen LogP contribution in [-0.2, 0) is 0 Å². The van der Waals surface area contributed by atoms with Gasteiger partial charge in [0.2, 0.25) is 0 Å². The van der Waals surface area contributed by atoms with Crippen molar-refractivity contribution in [3.63, 3.8) is 0 Å². The van der Waals surface area contributed by atoms with Gasteiger partial charge in [0.05, 0.1) is 0 Å². The smallest absolute Gasteiger partial charge is 0.171 e. The number of hydrogen-bond donors (Lipinski definition) is 0. The molecule has 2 aliphatic rings. The van der Waals surface area contributed by atoms with E-state index in [0.717, 1.165) is 30.6 Å². The van der Waals surface area contributed by atoms with Gasteiger partial charge in [0, 0.05) is 6.42 Å². The Morgan fingerprint density at radius 1 is 0.615 bits per heavy atom. The maximum absolute atomic E-state index is 12.2. The molecule has 0 amide bonds. The van der Waals surface area contributed by atoms with Crippen molar-refractivity contribution < 1.29 is 13.2 Å². The predicted octanol–water partition coefficient (Wildman–Crippen LogP) is 8.69. The lowest BCUT2D eigenvalue weighted by atomic mass is 9.68. The fourth-order valence-electron chi connectivity index (χ4n) is 5.51. The van der Waals surface area contributed by atoms with E-state index in [1.165, 1.54) is 83.5 Å². The Balaban J connectivity index is 1.53. The molecule has 0 bridgehead atoms. The molecule has 0 spiro atoms. The van der Waals surface area contributed by atoms with Gasteiger partial charge in [0.15, 0.2) is 0 Å². The summed E-state index contributed by atoms with van der Waals surface area (Å²) in [7, 11) is 0. The van der Waals surface area contributed by atoms with Crippen molar-refractivity contribution in [1.29, 1.82) is 0 Å². The summed E-state index contributed by atoms with van der Waals surface area (Å²) in [6.45, 7) is 2.28. The van der Waals surface area contributed by atoms with Crippen molar-refractivity contribution in [3.8, 4) is 0 Å². The van der Waals surface area contributed by atoms with E-state index in [4.69, 9.17) is 0 Å². The molecule has 26 heavy (non-hydrogen) atoms. The Morgan fingerprint density at radius 2 is 1.08 bits per heavy atom. The minimum absolute atomic E-state index is 0.325. The van der Waals surface area contributed by atoms with Crippen molar-refractivity contribution in [2.45, 2.75) is 122 Å². The average Bonchev–Trinajstić information content (AvgIpc) is 2.63. The first-order valence-electron chi connectivity index (χ1n) is 11.5. The minimum Gasteiger partial charge on any atom is -0.171 e. The van der Waals surface area contributed by atoms with Crippen LogP contribution >= 0.6 is 0 Å². The average molecular weight is 375 g/mol. The lowest BCUT2D eigenvalue weighted by molar-refractivity contribution is -0.135. The standard InChI is InChI=1S/C23H41F3/c1-2-3-4-5-8-19-10-14-21(15-11-19)22-16-12-20(13-17-22)9-6-7-18-23(24,25)26/h19-22H,2-18H2,1H3. The quantitative estimate of drug-likeness (QED) is 0.335. The third-order valence-corrected chi connectivity index (χ3v) is 7.24. The molecule has 0 atom stereocenters. The van der Waals surface area contributed by atoms with Gasteiger partial charge in [0.1, 0.15) is 0 Å². The zero-order valence-electron chi connectivity index (χ0n) is 17.0. The molecule has 154 valence electrons. The molecule has 0 aromatic rings. The Bertz CT molecular complexity index is 347. The van der Waals surface area contributed by atoms with Gasteiger partial charge < -0.3 is 0 Å². The van der Waals surface area contributed by atoms with E-state index >= 15 is 0 Å². The van der Waals surface area contributed by atoms with Crippen molar-refractivity contribution in [3.05, 3.63) is 0 Å². The molecule has 3 heteroatoms. The molecule has 0 radical (unpaired) electrons. The Morgan fingerprint density at radius 3 is 1.50 bits per heavy atom. The topological polar surface area (TPSA) is 0 Å². The monoisotopic (exact) mass is 374 g/mol. The van der Waals surface area contributed by atoms with E-state index in [1.807, 2.05) is 0 Å².